The fourth-order valence-corrected chi connectivity index (χ4v) is 5.19. The highest BCUT2D eigenvalue weighted by Crippen LogP contribution is 2.40. The zero-order valence-corrected chi connectivity index (χ0v) is 17.8. The van der Waals surface area contributed by atoms with Crippen molar-refractivity contribution in [3.63, 3.8) is 0 Å². The highest BCUT2D eigenvalue weighted by Gasteiger charge is 2.28. The molecule has 1 aliphatic carbocycles. The number of ether oxygens (including phenoxy) is 1. The molecule has 0 spiro atoms. The second-order valence-electron chi connectivity index (χ2n) is 6.80. The van der Waals surface area contributed by atoms with Gasteiger partial charge in [-0.25, -0.2) is 5.14 Å². The predicted octanol–water partition coefficient (Wildman–Crippen LogP) is 2.92. The first-order valence-electron chi connectivity index (χ1n) is 9.32. The van der Waals surface area contributed by atoms with E-state index in [-0.39, 0.29) is 6.04 Å². The molecule has 1 atom stereocenters. The molecule has 0 saturated heterocycles. The molecular weight excluding hydrogens is 422 g/mol. The number of nitrogens with zero attached hydrogens (tertiary/aromatic N) is 3. The lowest BCUT2D eigenvalue weighted by atomic mass is 10.0. The van der Waals surface area contributed by atoms with Gasteiger partial charge in [-0.3, -0.25) is 0 Å². The first kappa shape index (κ1) is 20.4. The number of fused-ring (bicyclic) bond motifs is 1. The Labute approximate surface area is 178 Å². The van der Waals surface area contributed by atoms with E-state index in [2.05, 4.69) is 21.0 Å². The van der Waals surface area contributed by atoms with Gasteiger partial charge in [0.2, 0.25) is 0 Å². The Balaban J connectivity index is 1.67. The van der Waals surface area contributed by atoms with Crippen molar-refractivity contribution in [1.82, 2.24) is 14.9 Å². The minimum atomic E-state index is -3.79. The van der Waals surface area contributed by atoms with Crippen molar-refractivity contribution < 1.29 is 13.2 Å². The molecule has 2 aromatic carbocycles. The Morgan fingerprint density at radius 3 is 2.83 bits per heavy atom. The normalized spacial score (nSPS) is 15.6. The van der Waals surface area contributed by atoms with Gasteiger partial charge in [0.1, 0.15) is 21.8 Å². The van der Waals surface area contributed by atoms with E-state index in [4.69, 9.17) is 9.88 Å². The molecule has 1 heterocycles. The number of nitrogens with one attached hydrogen (secondary N) is 1. The number of nitrogens with two attached hydrogens (primary N) is 1. The molecule has 4 rings (SSSR count). The maximum Gasteiger partial charge on any atom is 0.274 e. The minimum Gasteiger partial charge on any atom is -0.492 e. The summed E-state index contributed by atoms with van der Waals surface area (Å²) in [6.45, 7) is 2.35. The molecule has 0 amide bonds. The van der Waals surface area contributed by atoms with E-state index in [1.807, 2.05) is 31.2 Å². The van der Waals surface area contributed by atoms with Crippen LogP contribution in [0.1, 0.15) is 36.1 Å². The van der Waals surface area contributed by atoms with Crippen molar-refractivity contribution in [3.8, 4) is 33.0 Å². The van der Waals surface area contributed by atoms with E-state index in [9.17, 15) is 13.7 Å². The number of hydrogen-bond donors (Lipinski definition) is 2. The van der Waals surface area contributed by atoms with Crippen molar-refractivity contribution >= 4 is 21.5 Å². The van der Waals surface area contributed by atoms with Crippen LogP contribution in [0.15, 0.2) is 36.4 Å². The predicted molar refractivity (Wildman–Crippen MR) is 114 cm³/mol. The van der Waals surface area contributed by atoms with Gasteiger partial charge in [0.25, 0.3) is 10.2 Å². The fourth-order valence-electron chi connectivity index (χ4n) is 3.66. The van der Waals surface area contributed by atoms with E-state index in [1.54, 1.807) is 12.1 Å². The summed E-state index contributed by atoms with van der Waals surface area (Å²) >= 11 is 1.42. The Bertz CT molecular complexity index is 1250. The lowest BCUT2D eigenvalue weighted by Gasteiger charge is -2.12. The van der Waals surface area contributed by atoms with Crippen molar-refractivity contribution in [2.45, 2.75) is 25.8 Å². The molecule has 1 unspecified atom stereocenters. The van der Waals surface area contributed by atoms with E-state index >= 15 is 0 Å². The second kappa shape index (κ2) is 8.12. The molecular formula is C20H19N5O3S2. The SMILES string of the molecule is CCOc1ccc(-c2nnc(-c3cccc4c3CCC4NS(N)(=O)=O)s2)cc1C#N. The lowest BCUT2D eigenvalue weighted by Crippen LogP contribution is -2.33. The molecule has 0 saturated carbocycles. The van der Waals surface area contributed by atoms with Crippen LogP contribution in [0.3, 0.4) is 0 Å². The van der Waals surface area contributed by atoms with Crippen LogP contribution in [0.2, 0.25) is 0 Å². The number of aromatic nitrogens is 2. The maximum absolute atomic E-state index is 11.4. The van der Waals surface area contributed by atoms with Gasteiger partial charge < -0.3 is 4.74 Å². The molecule has 0 bridgehead atoms. The summed E-state index contributed by atoms with van der Waals surface area (Å²) in [5.41, 5.74) is 4.13. The van der Waals surface area contributed by atoms with Crippen LogP contribution >= 0.6 is 11.3 Å². The van der Waals surface area contributed by atoms with Crippen LogP contribution in [0.5, 0.6) is 5.75 Å². The second-order valence-corrected chi connectivity index (χ2v) is 9.10. The molecule has 3 N–H and O–H groups in total. The largest absolute Gasteiger partial charge is 0.492 e. The van der Waals surface area contributed by atoms with Gasteiger partial charge in [0, 0.05) is 17.2 Å². The number of hydrogen-bond acceptors (Lipinski definition) is 7. The van der Waals surface area contributed by atoms with E-state index in [0.717, 1.165) is 33.7 Å². The highest BCUT2D eigenvalue weighted by atomic mass is 32.2. The third-order valence-electron chi connectivity index (χ3n) is 4.88. The summed E-state index contributed by atoms with van der Waals surface area (Å²) in [7, 11) is -3.79. The molecule has 8 nitrogen and oxygen atoms in total. The molecule has 30 heavy (non-hydrogen) atoms. The first-order valence-corrected chi connectivity index (χ1v) is 11.7. The van der Waals surface area contributed by atoms with E-state index in [0.29, 0.717) is 29.3 Å². The standard InChI is InChI=1S/C20H19N5O3S2/c1-2-28-18-9-6-12(10-13(18)11-21)19-23-24-20(29-19)16-5-3-4-15-14(16)7-8-17(15)25-30(22,26)27/h3-6,9-10,17,25H,2,7-8H2,1H3,(H2,22,26,27). The van der Waals surface area contributed by atoms with Gasteiger partial charge in [0.15, 0.2) is 0 Å². The van der Waals surface area contributed by atoms with Gasteiger partial charge >= 0.3 is 0 Å². The average Bonchev–Trinajstić information content (AvgIpc) is 3.35. The molecule has 1 aliphatic rings. The van der Waals surface area contributed by atoms with Crippen molar-refractivity contribution in [2.24, 2.45) is 5.14 Å². The van der Waals surface area contributed by atoms with Crippen LogP contribution in [-0.2, 0) is 16.6 Å². The van der Waals surface area contributed by atoms with Gasteiger partial charge in [-0.05, 0) is 49.1 Å². The number of benzene rings is 2. The van der Waals surface area contributed by atoms with Crippen LogP contribution < -0.4 is 14.6 Å². The Morgan fingerprint density at radius 1 is 1.30 bits per heavy atom. The Morgan fingerprint density at radius 2 is 2.10 bits per heavy atom. The zero-order valence-electron chi connectivity index (χ0n) is 16.1. The van der Waals surface area contributed by atoms with Crippen LogP contribution in [-0.4, -0.2) is 25.2 Å². The topological polar surface area (TPSA) is 131 Å². The van der Waals surface area contributed by atoms with Crippen molar-refractivity contribution in [2.75, 3.05) is 6.61 Å². The summed E-state index contributed by atoms with van der Waals surface area (Å²) in [5, 5.41) is 24.6. The lowest BCUT2D eigenvalue weighted by molar-refractivity contribution is 0.339. The quantitative estimate of drug-likeness (QED) is 0.605. The average molecular weight is 442 g/mol. The van der Waals surface area contributed by atoms with Crippen molar-refractivity contribution in [1.29, 1.82) is 5.26 Å². The van der Waals surface area contributed by atoms with Crippen molar-refractivity contribution in [3.05, 3.63) is 53.1 Å². The number of rotatable bonds is 6. The summed E-state index contributed by atoms with van der Waals surface area (Å²) < 4.78 is 30.9. The smallest absolute Gasteiger partial charge is 0.274 e. The molecule has 0 fully saturated rings. The molecule has 0 aliphatic heterocycles. The van der Waals surface area contributed by atoms with Gasteiger partial charge in [-0.15, -0.1) is 10.2 Å². The highest BCUT2D eigenvalue weighted by molar-refractivity contribution is 7.87. The fraction of sp³-hybridized carbons (Fsp3) is 0.250. The van der Waals surface area contributed by atoms with E-state index < -0.39 is 10.2 Å². The summed E-state index contributed by atoms with van der Waals surface area (Å²) in [5.74, 6) is 0.544. The van der Waals surface area contributed by atoms with Gasteiger partial charge in [-0.2, -0.15) is 18.4 Å². The van der Waals surface area contributed by atoms with Crippen LogP contribution in [0.25, 0.3) is 21.1 Å². The monoisotopic (exact) mass is 441 g/mol. The van der Waals surface area contributed by atoms with Crippen LogP contribution in [0, 0.1) is 11.3 Å². The molecule has 1 aromatic heterocycles. The molecule has 10 heteroatoms. The summed E-state index contributed by atoms with van der Waals surface area (Å²) in [4.78, 5) is 0. The van der Waals surface area contributed by atoms with Crippen LogP contribution in [0.4, 0.5) is 0 Å². The van der Waals surface area contributed by atoms with E-state index in [1.165, 1.54) is 11.3 Å². The maximum atomic E-state index is 11.4. The summed E-state index contributed by atoms with van der Waals surface area (Å²) in [6, 6.07) is 12.9. The van der Waals surface area contributed by atoms with Gasteiger partial charge in [-0.1, -0.05) is 29.5 Å². The molecule has 154 valence electrons. The Kier molecular flexibility index (Phi) is 5.53. The molecule has 3 aromatic rings. The summed E-state index contributed by atoms with van der Waals surface area (Å²) in [6.07, 6.45) is 1.36. The van der Waals surface area contributed by atoms with Gasteiger partial charge in [0.05, 0.1) is 12.2 Å². The Hall–Kier alpha value is -2.84. The third-order valence-corrected chi connectivity index (χ3v) is 6.50. The first-order chi connectivity index (χ1) is 14.4. The number of nitriles is 1. The molecule has 0 radical (unpaired) electrons. The zero-order chi connectivity index (χ0) is 21.3. The minimum absolute atomic E-state index is 0.341. The third kappa shape index (κ3) is 4.06.